The van der Waals surface area contributed by atoms with Crippen LogP contribution in [0.5, 0.6) is 0 Å². The van der Waals surface area contributed by atoms with Crippen molar-refractivity contribution in [3.63, 3.8) is 0 Å². The van der Waals surface area contributed by atoms with Crippen LogP contribution in [-0.4, -0.2) is 37.6 Å². The standard InChI is InChI=1S/C12H23ClN2O2S/c13-14-12(11-6-2-1-3-7-11)10-15-8-4-5-9-18(15,16)17/h11-12,14H,1-10H2/t12-/m1/s1. The molecule has 2 aliphatic rings. The van der Waals surface area contributed by atoms with Gasteiger partial charge in [0.25, 0.3) is 0 Å². The molecule has 6 heteroatoms. The summed E-state index contributed by atoms with van der Waals surface area (Å²) in [5.74, 6) is 0.820. The number of hydrogen-bond donors (Lipinski definition) is 1. The average molecular weight is 295 g/mol. The fraction of sp³-hybridized carbons (Fsp3) is 1.00. The largest absolute Gasteiger partial charge is 0.229 e. The van der Waals surface area contributed by atoms with Gasteiger partial charge in [-0.15, -0.1) is 0 Å². The lowest BCUT2D eigenvalue weighted by atomic mass is 9.84. The molecule has 0 aromatic heterocycles. The molecule has 0 aromatic carbocycles. The Bertz CT molecular complexity index is 355. The SMILES string of the molecule is O=S1(=O)CCCCN1C[C@@H](NCl)C1CCCCC1. The molecule has 0 amide bonds. The highest BCUT2D eigenvalue weighted by Crippen LogP contribution is 2.28. The molecule has 0 unspecified atom stereocenters. The van der Waals surface area contributed by atoms with Gasteiger partial charge in [0.15, 0.2) is 0 Å². The summed E-state index contributed by atoms with van der Waals surface area (Å²) in [6.07, 6.45) is 7.88. The number of nitrogens with zero attached hydrogens (tertiary/aromatic N) is 1. The molecule has 1 saturated heterocycles. The Morgan fingerprint density at radius 3 is 2.50 bits per heavy atom. The molecular weight excluding hydrogens is 272 g/mol. The minimum absolute atomic E-state index is 0.0971. The summed E-state index contributed by atoms with van der Waals surface area (Å²) in [6.45, 7) is 1.20. The van der Waals surface area contributed by atoms with E-state index < -0.39 is 10.0 Å². The van der Waals surface area contributed by atoms with Gasteiger partial charge in [-0.05, 0) is 43.4 Å². The highest BCUT2D eigenvalue weighted by Gasteiger charge is 2.31. The Morgan fingerprint density at radius 1 is 1.17 bits per heavy atom. The Hall–Kier alpha value is 0.160. The van der Waals surface area contributed by atoms with Crippen molar-refractivity contribution in [3.05, 3.63) is 0 Å². The summed E-state index contributed by atoms with van der Waals surface area (Å²) >= 11 is 5.84. The van der Waals surface area contributed by atoms with E-state index in [0.717, 1.165) is 25.7 Å². The predicted octanol–water partition coefficient (Wildman–Crippen LogP) is 2.10. The summed E-state index contributed by atoms with van der Waals surface area (Å²) in [5, 5.41) is 0. The molecule has 0 aromatic rings. The van der Waals surface area contributed by atoms with Crippen LogP contribution in [0.3, 0.4) is 0 Å². The van der Waals surface area contributed by atoms with Crippen LogP contribution in [0.25, 0.3) is 0 Å². The molecule has 1 atom stereocenters. The Balaban J connectivity index is 1.96. The first kappa shape index (κ1) is 14.6. The molecule has 1 aliphatic heterocycles. The summed E-state index contributed by atoms with van der Waals surface area (Å²) < 4.78 is 25.6. The van der Waals surface area contributed by atoms with Crippen molar-refractivity contribution < 1.29 is 8.42 Å². The Morgan fingerprint density at radius 2 is 1.89 bits per heavy atom. The Labute approximate surface area is 115 Å². The second-order valence-corrected chi connectivity index (χ2v) is 7.80. The molecule has 0 bridgehead atoms. The number of hydrogen-bond acceptors (Lipinski definition) is 3. The average Bonchev–Trinajstić information content (AvgIpc) is 2.38. The van der Waals surface area contributed by atoms with E-state index in [1.165, 1.54) is 19.3 Å². The van der Waals surface area contributed by atoms with E-state index in [-0.39, 0.29) is 6.04 Å². The van der Waals surface area contributed by atoms with Crippen LogP contribution >= 0.6 is 11.8 Å². The molecule has 0 radical (unpaired) electrons. The van der Waals surface area contributed by atoms with Gasteiger partial charge >= 0.3 is 0 Å². The van der Waals surface area contributed by atoms with Gasteiger partial charge in [-0.3, -0.25) is 0 Å². The maximum Gasteiger partial charge on any atom is 0.214 e. The molecule has 1 N–H and O–H groups in total. The van der Waals surface area contributed by atoms with Gasteiger partial charge in [-0.25, -0.2) is 17.6 Å². The first-order valence-electron chi connectivity index (χ1n) is 6.97. The molecule has 4 nitrogen and oxygen atoms in total. The van der Waals surface area contributed by atoms with Crippen LogP contribution < -0.4 is 4.84 Å². The second kappa shape index (κ2) is 6.55. The molecule has 18 heavy (non-hydrogen) atoms. The van der Waals surface area contributed by atoms with E-state index in [1.54, 1.807) is 4.31 Å². The van der Waals surface area contributed by atoms with Crippen molar-refractivity contribution in [1.29, 1.82) is 0 Å². The third kappa shape index (κ3) is 3.59. The highest BCUT2D eigenvalue weighted by atomic mass is 35.5. The molecule has 1 saturated carbocycles. The summed E-state index contributed by atoms with van der Waals surface area (Å²) in [5.41, 5.74) is 0. The monoisotopic (exact) mass is 294 g/mol. The lowest BCUT2D eigenvalue weighted by molar-refractivity contribution is 0.249. The number of sulfonamides is 1. The summed E-state index contributed by atoms with van der Waals surface area (Å²) in [4.78, 5) is 2.82. The maximum atomic E-state index is 12.0. The molecule has 2 fully saturated rings. The van der Waals surface area contributed by atoms with Crippen LogP contribution in [0.2, 0.25) is 0 Å². The van der Waals surface area contributed by atoms with E-state index in [4.69, 9.17) is 11.8 Å². The second-order valence-electron chi connectivity index (χ2n) is 5.49. The van der Waals surface area contributed by atoms with Crippen molar-refractivity contribution >= 4 is 21.8 Å². The highest BCUT2D eigenvalue weighted by molar-refractivity contribution is 7.89. The smallest absolute Gasteiger partial charge is 0.214 e. The van der Waals surface area contributed by atoms with Crippen LogP contribution in [-0.2, 0) is 10.0 Å². The van der Waals surface area contributed by atoms with Crippen LogP contribution in [0.15, 0.2) is 0 Å². The molecule has 0 spiro atoms. The normalized spacial score (nSPS) is 28.1. The van der Waals surface area contributed by atoms with Crippen LogP contribution in [0, 0.1) is 5.92 Å². The lowest BCUT2D eigenvalue weighted by Gasteiger charge is -2.34. The van der Waals surface area contributed by atoms with Crippen molar-refractivity contribution in [1.82, 2.24) is 9.14 Å². The zero-order valence-corrected chi connectivity index (χ0v) is 12.3. The van der Waals surface area contributed by atoms with E-state index in [2.05, 4.69) is 4.84 Å². The van der Waals surface area contributed by atoms with Gasteiger partial charge in [0.05, 0.1) is 5.75 Å². The number of rotatable bonds is 4. The van der Waals surface area contributed by atoms with Gasteiger partial charge < -0.3 is 0 Å². The van der Waals surface area contributed by atoms with Gasteiger partial charge in [0, 0.05) is 19.1 Å². The fourth-order valence-corrected chi connectivity index (χ4v) is 4.94. The zero-order valence-electron chi connectivity index (χ0n) is 10.8. The zero-order chi connectivity index (χ0) is 13.0. The first-order chi connectivity index (χ1) is 8.63. The molecule has 2 rings (SSSR count). The van der Waals surface area contributed by atoms with E-state index in [1.807, 2.05) is 0 Å². The van der Waals surface area contributed by atoms with E-state index >= 15 is 0 Å². The molecule has 1 heterocycles. The summed E-state index contributed by atoms with van der Waals surface area (Å²) in [6, 6.07) is 0.0971. The number of nitrogens with one attached hydrogen (secondary N) is 1. The molecule has 1 aliphatic carbocycles. The molecule has 106 valence electrons. The quantitative estimate of drug-likeness (QED) is 0.808. The number of halogens is 1. The van der Waals surface area contributed by atoms with Gasteiger partial charge in [-0.1, -0.05) is 19.3 Å². The van der Waals surface area contributed by atoms with E-state index in [0.29, 0.717) is 24.8 Å². The van der Waals surface area contributed by atoms with Crippen molar-refractivity contribution in [2.24, 2.45) is 5.92 Å². The lowest BCUT2D eigenvalue weighted by Crippen LogP contribution is -2.47. The third-order valence-electron chi connectivity index (χ3n) is 4.21. The maximum absolute atomic E-state index is 12.0. The fourth-order valence-electron chi connectivity index (χ4n) is 3.07. The van der Waals surface area contributed by atoms with Crippen molar-refractivity contribution in [3.8, 4) is 0 Å². The van der Waals surface area contributed by atoms with Crippen LogP contribution in [0.4, 0.5) is 0 Å². The van der Waals surface area contributed by atoms with Gasteiger partial charge in [0.2, 0.25) is 10.0 Å². The Kier molecular flexibility index (Phi) is 5.30. The van der Waals surface area contributed by atoms with Gasteiger partial charge in [-0.2, -0.15) is 0 Å². The van der Waals surface area contributed by atoms with Gasteiger partial charge in [0.1, 0.15) is 0 Å². The van der Waals surface area contributed by atoms with Crippen LogP contribution in [0.1, 0.15) is 44.9 Å². The van der Waals surface area contributed by atoms with Crippen molar-refractivity contribution in [2.75, 3.05) is 18.8 Å². The minimum atomic E-state index is -3.03. The topological polar surface area (TPSA) is 49.4 Å². The predicted molar refractivity (Wildman–Crippen MR) is 73.9 cm³/mol. The first-order valence-corrected chi connectivity index (χ1v) is 8.96. The van der Waals surface area contributed by atoms with Crippen molar-refractivity contribution in [2.45, 2.75) is 51.0 Å². The molecular formula is C12H23ClN2O2S. The third-order valence-corrected chi connectivity index (χ3v) is 6.42. The summed E-state index contributed by atoms with van der Waals surface area (Å²) in [7, 11) is -3.03. The van der Waals surface area contributed by atoms with E-state index in [9.17, 15) is 8.42 Å². The minimum Gasteiger partial charge on any atom is -0.229 e.